The average Bonchev–Trinajstić information content (AvgIpc) is 2.62. The van der Waals surface area contributed by atoms with Crippen LogP contribution in [0, 0.1) is 5.92 Å². The number of benzene rings is 1. The fourth-order valence-electron chi connectivity index (χ4n) is 2.86. The Morgan fingerprint density at radius 3 is 2.62 bits per heavy atom. The molecule has 0 amide bonds. The van der Waals surface area contributed by atoms with Gasteiger partial charge in [-0.05, 0) is 51.9 Å². The zero-order chi connectivity index (χ0) is 16.9. The van der Waals surface area contributed by atoms with Crippen molar-refractivity contribution in [2.45, 2.75) is 19.8 Å². The molecule has 0 aliphatic carbocycles. The zero-order valence-corrected chi connectivity index (χ0v) is 14.2. The predicted octanol–water partition coefficient (Wildman–Crippen LogP) is 3.07. The number of carbonyl (C=O) groups excluding carboxylic acids is 1. The summed E-state index contributed by atoms with van der Waals surface area (Å²) in [5.41, 5.74) is 1.50. The van der Waals surface area contributed by atoms with Crippen LogP contribution in [0.25, 0.3) is 11.4 Å². The third kappa shape index (κ3) is 4.17. The maximum atomic E-state index is 11.5. The standard InChI is InChI=1S/C19H23N3O2/c1-14(23)16-4-3-5-17(10-16)19-20-11-18(12-21-19)24-13-15-6-8-22(2)9-7-15/h3-5,10-12,15H,6-9,13H2,1-2H3. The van der Waals surface area contributed by atoms with Gasteiger partial charge >= 0.3 is 0 Å². The van der Waals surface area contributed by atoms with Crippen LogP contribution in [0.1, 0.15) is 30.1 Å². The molecule has 1 fully saturated rings. The third-order valence-electron chi connectivity index (χ3n) is 4.48. The molecule has 1 aromatic carbocycles. The molecule has 0 spiro atoms. The summed E-state index contributed by atoms with van der Waals surface area (Å²) in [6.07, 6.45) is 5.76. The van der Waals surface area contributed by atoms with Crippen molar-refractivity contribution in [3.63, 3.8) is 0 Å². The van der Waals surface area contributed by atoms with Gasteiger partial charge in [-0.25, -0.2) is 9.97 Å². The molecule has 1 aliphatic rings. The molecule has 5 nitrogen and oxygen atoms in total. The van der Waals surface area contributed by atoms with Gasteiger partial charge in [-0.3, -0.25) is 4.79 Å². The normalized spacial score (nSPS) is 16.1. The fraction of sp³-hybridized carbons (Fsp3) is 0.421. The van der Waals surface area contributed by atoms with Crippen LogP contribution in [0.5, 0.6) is 5.75 Å². The van der Waals surface area contributed by atoms with Crippen molar-refractivity contribution in [3.05, 3.63) is 42.2 Å². The monoisotopic (exact) mass is 325 g/mol. The molecule has 0 N–H and O–H groups in total. The highest BCUT2D eigenvalue weighted by molar-refractivity contribution is 5.95. The number of aromatic nitrogens is 2. The van der Waals surface area contributed by atoms with Crippen LogP contribution in [-0.4, -0.2) is 47.4 Å². The van der Waals surface area contributed by atoms with Crippen molar-refractivity contribution < 1.29 is 9.53 Å². The molecule has 0 unspecified atom stereocenters. The van der Waals surface area contributed by atoms with Crippen LogP contribution in [0.15, 0.2) is 36.7 Å². The van der Waals surface area contributed by atoms with Gasteiger partial charge in [-0.15, -0.1) is 0 Å². The molecule has 0 radical (unpaired) electrons. The van der Waals surface area contributed by atoms with Crippen molar-refractivity contribution >= 4 is 5.78 Å². The Kier molecular flexibility index (Phi) is 5.20. The second kappa shape index (κ2) is 7.53. The zero-order valence-electron chi connectivity index (χ0n) is 14.2. The molecule has 1 aliphatic heterocycles. The Morgan fingerprint density at radius 2 is 1.96 bits per heavy atom. The van der Waals surface area contributed by atoms with E-state index in [9.17, 15) is 4.79 Å². The molecule has 1 saturated heterocycles. The first-order chi connectivity index (χ1) is 11.6. The van der Waals surface area contributed by atoms with Crippen LogP contribution in [-0.2, 0) is 0 Å². The quantitative estimate of drug-likeness (QED) is 0.791. The van der Waals surface area contributed by atoms with Gasteiger partial charge in [-0.2, -0.15) is 0 Å². The van der Waals surface area contributed by atoms with E-state index < -0.39 is 0 Å². The second-order valence-corrected chi connectivity index (χ2v) is 6.44. The average molecular weight is 325 g/mol. The lowest BCUT2D eigenvalue weighted by atomic mass is 9.98. The number of ether oxygens (including phenoxy) is 1. The van der Waals surface area contributed by atoms with Gasteiger partial charge in [0.05, 0.1) is 19.0 Å². The van der Waals surface area contributed by atoms with E-state index in [2.05, 4.69) is 21.9 Å². The number of Topliss-reactive ketones (excluding diaryl/α,β-unsaturated/α-hetero) is 1. The molecule has 0 saturated carbocycles. The largest absolute Gasteiger partial charge is 0.490 e. The topological polar surface area (TPSA) is 55.3 Å². The number of nitrogens with zero attached hydrogens (tertiary/aromatic N) is 3. The summed E-state index contributed by atoms with van der Waals surface area (Å²) in [6.45, 7) is 4.54. The van der Waals surface area contributed by atoms with Crippen molar-refractivity contribution in [1.82, 2.24) is 14.9 Å². The number of hydrogen-bond acceptors (Lipinski definition) is 5. The van der Waals surface area contributed by atoms with Crippen LogP contribution < -0.4 is 4.74 Å². The van der Waals surface area contributed by atoms with Crippen molar-refractivity contribution in [2.75, 3.05) is 26.7 Å². The van der Waals surface area contributed by atoms with Gasteiger partial charge in [0, 0.05) is 11.1 Å². The number of piperidine rings is 1. The number of carbonyl (C=O) groups is 1. The summed E-state index contributed by atoms with van der Waals surface area (Å²) in [4.78, 5) is 22.6. The van der Waals surface area contributed by atoms with E-state index in [1.54, 1.807) is 25.4 Å². The first kappa shape index (κ1) is 16.6. The molecule has 5 heteroatoms. The number of likely N-dealkylation sites (tertiary alicyclic amines) is 1. The summed E-state index contributed by atoms with van der Waals surface area (Å²) in [7, 11) is 2.16. The van der Waals surface area contributed by atoms with E-state index in [1.165, 1.54) is 12.8 Å². The molecule has 0 bridgehead atoms. The first-order valence-electron chi connectivity index (χ1n) is 8.36. The molecule has 126 valence electrons. The van der Waals surface area contributed by atoms with E-state index >= 15 is 0 Å². The summed E-state index contributed by atoms with van der Waals surface area (Å²) in [6, 6.07) is 7.36. The van der Waals surface area contributed by atoms with Gasteiger partial charge in [-0.1, -0.05) is 18.2 Å². The highest BCUT2D eigenvalue weighted by Gasteiger charge is 2.17. The van der Waals surface area contributed by atoms with Gasteiger partial charge < -0.3 is 9.64 Å². The maximum Gasteiger partial charge on any atom is 0.159 e. The number of hydrogen-bond donors (Lipinski definition) is 0. The van der Waals surface area contributed by atoms with Gasteiger partial charge in [0.25, 0.3) is 0 Å². The predicted molar refractivity (Wildman–Crippen MR) is 93.2 cm³/mol. The second-order valence-electron chi connectivity index (χ2n) is 6.44. The van der Waals surface area contributed by atoms with E-state index in [0.717, 1.165) is 25.3 Å². The van der Waals surface area contributed by atoms with Crippen molar-refractivity contribution in [1.29, 1.82) is 0 Å². The van der Waals surface area contributed by atoms with Crippen LogP contribution >= 0.6 is 0 Å². The lowest BCUT2D eigenvalue weighted by molar-refractivity contribution is 0.101. The molecule has 2 heterocycles. The van der Waals surface area contributed by atoms with Crippen molar-refractivity contribution in [2.24, 2.45) is 5.92 Å². The highest BCUT2D eigenvalue weighted by atomic mass is 16.5. The van der Waals surface area contributed by atoms with Crippen molar-refractivity contribution in [3.8, 4) is 17.1 Å². The lowest BCUT2D eigenvalue weighted by Gasteiger charge is -2.28. The minimum atomic E-state index is 0.0370. The minimum Gasteiger partial charge on any atom is -0.490 e. The summed E-state index contributed by atoms with van der Waals surface area (Å²) < 4.78 is 5.84. The molecule has 1 aromatic heterocycles. The van der Waals surface area contributed by atoms with Crippen LogP contribution in [0.4, 0.5) is 0 Å². The summed E-state index contributed by atoms with van der Waals surface area (Å²) >= 11 is 0. The number of ketones is 1. The third-order valence-corrected chi connectivity index (χ3v) is 4.48. The number of rotatable bonds is 5. The Morgan fingerprint density at radius 1 is 1.25 bits per heavy atom. The summed E-state index contributed by atoms with van der Waals surface area (Å²) in [5, 5.41) is 0. The lowest BCUT2D eigenvalue weighted by Crippen LogP contribution is -2.32. The molecular formula is C19H23N3O2. The smallest absolute Gasteiger partial charge is 0.159 e. The van der Waals surface area contributed by atoms with Crippen LogP contribution in [0.3, 0.4) is 0 Å². The van der Waals surface area contributed by atoms with Gasteiger partial charge in [0.1, 0.15) is 0 Å². The molecule has 0 atom stereocenters. The first-order valence-corrected chi connectivity index (χ1v) is 8.36. The highest BCUT2D eigenvalue weighted by Crippen LogP contribution is 2.20. The SMILES string of the molecule is CC(=O)c1cccc(-c2ncc(OCC3CCN(C)CC3)cn2)c1. The fourth-order valence-corrected chi connectivity index (χ4v) is 2.86. The maximum absolute atomic E-state index is 11.5. The van der Waals surface area contributed by atoms with E-state index in [-0.39, 0.29) is 5.78 Å². The van der Waals surface area contributed by atoms with E-state index in [4.69, 9.17) is 4.74 Å². The summed E-state index contributed by atoms with van der Waals surface area (Å²) in [5.74, 6) is 1.94. The Bertz CT molecular complexity index is 692. The Hall–Kier alpha value is -2.27. The molecule has 2 aromatic rings. The molecule has 3 rings (SSSR count). The van der Waals surface area contributed by atoms with Gasteiger partial charge in [0.2, 0.25) is 0 Å². The molecule has 24 heavy (non-hydrogen) atoms. The van der Waals surface area contributed by atoms with Crippen LogP contribution in [0.2, 0.25) is 0 Å². The van der Waals surface area contributed by atoms with E-state index in [1.807, 2.05) is 18.2 Å². The Labute approximate surface area is 142 Å². The van der Waals surface area contributed by atoms with E-state index in [0.29, 0.717) is 23.1 Å². The molecular weight excluding hydrogens is 302 g/mol. The minimum absolute atomic E-state index is 0.0370. The van der Waals surface area contributed by atoms with Gasteiger partial charge in [0.15, 0.2) is 17.4 Å². The Balaban J connectivity index is 1.61.